The summed E-state index contributed by atoms with van der Waals surface area (Å²) in [5.74, 6) is 0. The molecule has 0 bridgehead atoms. The summed E-state index contributed by atoms with van der Waals surface area (Å²) in [6.07, 6.45) is 0. The predicted molar refractivity (Wildman–Crippen MR) is 61.4 cm³/mol. The molecular weight excluding hydrogens is 448 g/mol. The molecule has 0 amide bonds. The molecule has 0 aliphatic carbocycles. The summed E-state index contributed by atoms with van der Waals surface area (Å²) in [5.41, 5.74) is 1.24. The largest absolute Gasteiger partial charge is 0 e. The molecule has 1 aromatic rings. The van der Waals surface area contributed by atoms with Crippen molar-refractivity contribution in [3.63, 3.8) is 0 Å². The van der Waals surface area contributed by atoms with E-state index in [0.29, 0.717) is 0 Å². The van der Waals surface area contributed by atoms with Crippen LogP contribution in [0, 0.1) is 33.3 Å². The van der Waals surface area contributed by atoms with Crippen LogP contribution in [-0.2, 0) is 55.7 Å². The Morgan fingerprint density at radius 2 is 1.10 bits per heavy atom. The van der Waals surface area contributed by atoms with Crippen LogP contribution in [0.3, 0.4) is 0 Å². The van der Waals surface area contributed by atoms with Crippen molar-refractivity contribution in [3.8, 4) is 0 Å². The van der Waals surface area contributed by atoms with Crippen LogP contribution < -0.4 is 0 Å². The summed E-state index contributed by atoms with van der Waals surface area (Å²) in [5, 5.41) is 0. The molecule has 0 N–H and O–H groups in total. The van der Waals surface area contributed by atoms with E-state index in [9.17, 15) is 0 Å². The molecule has 1 rings (SSSR count). The molecule has 0 fully saturated rings. The van der Waals surface area contributed by atoms with Crippen molar-refractivity contribution in [2.45, 2.75) is 13.5 Å². The van der Waals surface area contributed by atoms with Gasteiger partial charge in [0.25, 0.3) is 0 Å². The van der Waals surface area contributed by atoms with Gasteiger partial charge in [-0.25, -0.2) is 0 Å². The standard InChI is InChI=1S/C9H12O.5CO.W/c1-2-10-8-9-6-4-3-5-7-9;5*1-2;/h3-7H,2,8H2,1H3;;;;;;. The van der Waals surface area contributed by atoms with Crippen LogP contribution in [0.15, 0.2) is 30.3 Å². The van der Waals surface area contributed by atoms with Gasteiger partial charge in [0.05, 0.1) is 6.61 Å². The molecule has 21 heavy (non-hydrogen) atoms. The molecule has 7 heteroatoms. The van der Waals surface area contributed by atoms with Crippen LogP contribution in [-0.4, -0.2) is 6.61 Å². The van der Waals surface area contributed by atoms with Crippen molar-refractivity contribution in [1.82, 2.24) is 0 Å². The van der Waals surface area contributed by atoms with Gasteiger partial charge in [0, 0.05) is 27.7 Å². The van der Waals surface area contributed by atoms with Gasteiger partial charge in [-0.3, -0.25) is 0 Å². The summed E-state index contributed by atoms with van der Waals surface area (Å²) in [7, 11) is 0. The van der Waals surface area contributed by atoms with Gasteiger partial charge in [0.1, 0.15) is 0 Å². The minimum atomic E-state index is 0. The maximum absolute atomic E-state index is 7.50. The van der Waals surface area contributed by atoms with Crippen molar-refractivity contribution < 1.29 is 49.1 Å². The van der Waals surface area contributed by atoms with E-state index in [1.807, 2.05) is 25.1 Å². The average molecular weight is 460 g/mol. The number of hydrogen-bond donors (Lipinski definition) is 0. The Morgan fingerprint density at radius 3 is 1.38 bits per heavy atom. The molecule has 0 radical (unpaired) electrons. The second-order valence-corrected chi connectivity index (χ2v) is 2.12. The Labute approximate surface area is 138 Å². The Kier molecular flexibility index (Phi) is 109. The third-order valence-electron chi connectivity index (χ3n) is 1.32. The maximum Gasteiger partial charge on any atom is 0 e. The van der Waals surface area contributed by atoms with E-state index < -0.39 is 0 Å². The Morgan fingerprint density at radius 1 is 0.762 bits per heavy atom. The molecule has 110 valence electrons. The van der Waals surface area contributed by atoms with E-state index in [1.54, 1.807) is 0 Å². The molecule has 6 nitrogen and oxygen atoms in total. The molecule has 0 aliphatic heterocycles. The fourth-order valence-corrected chi connectivity index (χ4v) is 0.794. The van der Waals surface area contributed by atoms with Crippen LogP contribution in [0.4, 0.5) is 0 Å². The van der Waals surface area contributed by atoms with Crippen molar-refractivity contribution >= 4 is 0 Å². The van der Waals surface area contributed by atoms with Gasteiger partial charge in [0.15, 0.2) is 0 Å². The van der Waals surface area contributed by atoms with Gasteiger partial charge < -0.3 is 4.74 Å². The van der Waals surface area contributed by atoms with Gasteiger partial charge in [-0.2, -0.15) is 0 Å². The van der Waals surface area contributed by atoms with Crippen molar-refractivity contribution in [3.05, 3.63) is 69.1 Å². The van der Waals surface area contributed by atoms with Crippen LogP contribution in [0.2, 0.25) is 0 Å². The summed E-state index contributed by atoms with van der Waals surface area (Å²) in [4.78, 5) is 0. The molecule has 0 saturated carbocycles. The first-order valence-electron chi connectivity index (χ1n) is 4.57. The van der Waals surface area contributed by atoms with Gasteiger partial charge in [-0.05, 0) is 12.5 Å². The molecule has 0 unspecified atom stereocenters. The predicted octanol–water partition coefficient (Wildman–Crippen LogP) is 2.03. The fraction of sp³-hybridized carbons (Fsp3) is 0.214. The number of rotatable bonds is 3. The quantitative estimate of drug-likeness (QED) is 0.500. The summed E-state index contributed by atoms with van der Waals surface area (Å²) in [6, 6.07) is 10.2. The fourth-order valence-electron chi connectivity index (χ4n) is 0.794. The number of benzene rings is 1. The zero-order valence-corrected chi connectivity index (χ0v) is 14.1. The molecule has 1 aromatic carbocycles. The number of hydrogen-bond acceptors (Lipinski definition) is 1. The van der Waals surface area contributed by atoms with E-state index in [-0.39, 0.29) is 21.1 Å². The second kappa shape index (κ2) is 62.6. The van der Waals surface area contributed by atoms with Crippen molar-refractivity contribution in [2.24, 2.45) is 0 Å². The Balaban J connectivity index is -0.0000000440. The van der Waals surface area contributed by atoms with Crippen molar-refractivity contribution in [2.75, 3.05) is 6.61 Å². The molecule has 0 saturated heterocycles. The topological polar surface area (TPSA) is 109 Å². The molecule has 0 spiro atoms. The zero-order valence-electron chi connectivity index (χ0n) is 11.2. The average Bonchev–Trinajstić information content (AvgIpc) is 2.63. The second-order valence-electron chi connectivity index (χ2n) is 2.12. The van der Waals surface area contributed by atoms with E-state index in [0.717, 1.165) is 13.2 Å². The molecule has 0 aliphatic rings. The van der Waals surface area contributed by atoms with Gasteiger partial charge >= 0.3 is 56.5 Å². The van der Waals surface area contributed by atoms with E-state index in [2.05, 4.69) is 45.4 Å². The monoisotopic (exact) mass is 460 g/mol. The minimum absolute atomic E-state index is 0. The van der Waals surface area contributed by atoms with Gasteiger partial charge in [0.2, 0.25) is 0 Å². The van der Waals surface area contributed by atoms with E-state index in [1.165, 1.54) is 5.56 Å². The van der Waals surface area contributed by atoms with Gasteiger partial charge in [-0.15, -0.1) is 0 Å². The minimum Gasteiger partial charge on any atom is 0 e. The van der Waals surface area contributed by atoms with Crippen LogP contribution >= 0.6 is 0 Å². The first-order valence-corrected chi connectivity index (χ1v) is 4.57. The Bertz CT molecular complexity index is 318. The van der Waals surface area contributed by atoms with Crippen LogP contribution in [0.5, 0.6) is 0 Å². The van der Waals surface area contributed by atoms with Crippen molar-refractivity contribution in [1.29, 1.82) is 0 Å². The maximum atomic E-state index is 7.50. The normalized spacial score (nSPS) is 5.10. The first-order chi connectivity index (χ1) is 9.93. The molecule has 0 atom stereocenters. The smallest absolute Gasteiger partial charge is 0 e. The summed E-state index contributed by atoms with van der Waals surface area (Å²) in [6.45, 7) is 26.0. The van der Waals surface area contributed by atoms with Crippen LogP contribution in [0.1, 0.15) is 12.5 Å². The number of ether oxygens (including phenoxy) is 1. The summed E-state index contributed by atoms with van der Waals surface area (Å²) >= 11 is 0. The van der Waals surface area contributed by atoms with Crippen LogP contribution in [0.25, 0.3) is 0 Å². The SMILES string of the molecule is CCOCc1ccccc1.[C-]#[O+].[C-]#[O+].[C-]#[O+].[C-]#[O+].[C-]#[O+].[W]. The Hall–Kier alpha value is -1.43. The molecule has 0 aromatic heterocycles. The zero-order chi connectivity index (χ0) is 17.2. The third-order valence-corrected chi connectivity index (χ3v) is 1.32. The first kappa shape index (κ1) is 36.6. The molecule has 0 heterocycles. The van der Waals surface area contributed by atoms with E-state index >= 15 is 0 Å². The van der Waals surface area contributed by atoms with E-state index in [4.69, 9.17) is 28.0 Å². The molecular formula is C14H12O6W. The summed E-state index contributed by atoms with van der Waals surface area (Å²) < 4.78 is 42.7. The van der Waals surface area contributed by atoms with Gasteiger partial charge in [-0.1, -0.05) is 30.3 Å². The third kappa shape index (κ3) is 45.6.